The third-order valence-corrected chi connectivity index (χ3v) is 3.49. The van der Waals surface area contributed by atoms with Gasteiger partial charge in [0.2, 0.25) is 0 Å². The fraction of sp³-hybridized carbons (Fsp3) is 0.786. The number of aromatic nitrogens is 2. The van der Waals surface area contributed by atoms with Gasteiger partial charge in [-0.1, -0.05) is 20.8 Å². The quantitative estimate of drug-likeness (QED) is 0.846. The molecule has 1 heterocycles. The molecule has 1 aromatic heterocycles. The first-order valence-corrected chi connectivity index (χ1v) is 6.70. The zero-order valence-electron chi connectivity index (χ0n) is 12.6. The second kappa shape index (κ2) is 6.23. The van der Waals surface area contributed by atoms with Crippen molar-refractivity contribution in [2.75, 3.05) is 14.2 Å². The lowest BCUT2D eigenvalue weighted by atomic mass is 9.84. The fourth-order valence-electron chi connectivity index (χ4n) is 2.38. The highest BCUT2D eigenvalue weighted by Crippen LogP contribution is 2.25. The van der Waals surface area contributed by atoms with E-state index in [2.05, 4.69) is 38.1 Å². The van der Waals surface area contributed by atoms with Crippen LogP contribution in [0.25, 0.3) is 0 Å². The van der Waals surface area contributed by atoms with Crippen LogP contribution in [0.5, 0.6) is 5.75 Å². The number of rotatable bonds is 6. The summed E-state index contributed by atoms with van der Waals surface area (Å²) >= 11 is 0. The van der Waals surface area contributed by atoms with E-state index < -0.39 is 0 Å². The molecule has 0 fully saturated rings. The summed E-state index contributed by atoms with van der Waals surface area (Å²) in [6.45, 7) is 9.79. The van der Waals surface area contributed by atoms with E-state index in [4.69, 9.17) is 4.74 Å². The fourth-order valence-corrected chi connectivity index (χ4v) is 2.38. The smallest absolute Gasteiger partial charge is 0.159 e. The Morgan fingerprint density at radius 2 is 2.11 bits per heavy atom. The molecule has 0 spiro atoms. The second-order valence-corrected chi connectivity index (χ2v) is 5.72. The molecule has 1 aromatic rings. The van der Waals surface area contributed by atoms with Gasteiger partial charge in [0.1, 0.15) is 0 Å². The molecule has 0 aliphatic carbocycles. The summed E-state index contributed by atoms with van der Waals surface area (Å²) in [4.78, 5) is 0. The van der Waals surface area contributed by atoms with Crippen LogP contribution in [-0.2, 0) is 13.0 Å². The van der Waals surface area contributed by atoms with E-state index >= 15 is 0 Å². The summed E-state index contributed by atoms with van der Waals surface area (Å²) in [5, 5.41) is 7.75. The molecule has 1 N–H and O–H groups in total. The second-order valence-electron chi connectivity index (χ2n) is 5.72. The highest BCUT2D eigenvalue weighted by Gasteiger charge is 2.23. The standard InChI is InChI=1S/C14H27N3O/c1-7-17-11(12(18-6)10-16-17)8-9-13(15-5)14(2,3)4/h10,13,15H,7-9H2,1-6H3. The van der Waals surface area contributed by atoms with E-state index in [1.165, 1.54) is 5.69 Å². The van der Waals surface area contributed by atoms with Gasteiger partial charge in [0, 0.05) is 12.6 Å². The molecule has 0 amide bonds. The van der Waals surface area contributed by atoms with Crippen LogP contribution in [0.2, 0.25) is 0 Å². The Kier molecular flexibility index (Phi) is 5.20. The molecule has 18 heavy (non-hydrogen) atoms. The minimum absolute atomic E-state index is 0.263. The normalized spacial score (nSPS) is 13.7. The summed E-state index contributed by atoms with van der Waals surface area (Å²) in [5.41, 5.74) is 1.46. The Morgan fingerprint density at radius 1 is 1.44 bits per heavy atom. The topological polar surface area (TPSA) is 39.1 Å². The predicted octanol–water partition coefficient (Wildman–Crippen LogP) is 2.48. The van der Waals surface area contributed by atoms with Gasteiger partial charge in [0.15, 0.2) is 5.75 Å². The van der Waals surface area contributed by atoms with Crippen LogP contribution in [0.3, 0.4) is 0 Å². The Morgan fingerprint density at radius 3 is 2.56 bits per heavy atom. The minimum atomic E-state index is 0.263. The molecule has 0 saturated heterocycles. The lowest BCUT2D eigenvalue weighted by Gasteiger charge is -2.30. The van der Waals surface area contributed by atoms with E-state index in [0.29, 0.717) is 6.04 Å². The van der Waals surface area contributed by atoms with Crippen LogP contribution in [0.15, 0.2) is 6.20 Å². The highest BCUT2D eigenvalue weighted by atomic mass is 16.5. The molecule has 0 saturated carbocycles. The van der Waals surface area contributed by atoms with Gasteiger partial charge in [-0.05, 0) is 32.2 Å². The summed E-state index contributed by atoms with van der Waals surface area (Å²) in [6.07, 6.45) is 3.88. The van der Waals surface area contributed by atoms with E-state index in [1.54, 1.807) is 7.11 Å². The van der Waals surface area contributed by atoms with Gasteiger partial charge in [-0.3, -0.25) is 4.68 Å². The van der Waals surface area contributed by atoms with Gasteiger partial charge < -0.3 is 10.1 Å². The molecular weight excluding hydrogens is 226 g/mol. The number of nitrogens with one attached hydrogen (secondary N) is 1. The zero-order chi connectivity index (χ0) is 13.8. The molecule has 4 nitrogen and oxygen atoms in total. The number of ether oxygens (including phenoxy) is 1. The maximum atomic E-state index is 5.38. The van der Waals surface area contributed by atoms with Crippen LogP contribution in [0.4, 0.5) is 0 Å². The molecule has 1 unspecified atom stereocenters. The van der Waals surface area contributed by atoms with Crippen molar-refractivity contribution in [2.24, 2.45) is 5.41 Å². The lowest BCUT2D eigenvalue weighted by Crippen LogP contribution is -2.38. The van der Waals surface area contributed by atoms with E-state index in [1.807, 2.05) is 17.9 Å². The monoisotopic (exact) mass is 253 g/mol. The Hall–Kier alpha value is -1.03. The molecule has 0 aliphatic heterocycles. The van der Waals surface area contributed by atoms with Gasteiger partial charge in [-0.25, -0.2) is 0 Å². The van der Waals surface area contributed by atoms with Crippen LogP contribution >= 0.6 is 0 Å². The van der Waals surface area contributed by atoms with Crippen molar-refractivity contribution in [1.82, 2.24) is 15.1 Å². The SMILES string of the molecule is CCn1ncc(OC)c1CCC(NC)C(C)(C)C. The Bertz CT molecular complexity index is 344. The van der Waals surface area contributed by atoms with E-state index in [-0.39, 0.29) is 5.41 Å². The van der Waals surface area contributed by atoms with Crippen molar-refractivity contribution in [3.63, 3.8) is 0 Å². The van der Waals surface area contributed by atoms with Crippen LogP contribution < -0.4 is 10.1 Å². The third-order valence-electron chi connectivity index (χ3n) is 3.49. The van der Waals surface area contributed by atoms with Crippen LogP contribution in [-0.4, -0.2) is 30.0 Å². The average Bonchev–Trinajstić information content (AvgIpc) is 2.70. The minimum Gasteiger partial charge on any atom is -0.493 e. The van der Waals surface area contributed by atoms with Crippen molar-refractivity contribution < 1.29 is 4.74 Å². The number of aryl methyl sites for hydroxylation is 1. The first-order chi connectivity index (χ1) is 8.43. The lowest BCUT2D eigenvalue weighted by molar-refractivity contribution is 0.265. The number of hydrogen-bond donors (Lipinski definition) is 1. The van der Waals surface area contributed by atoms with Crippen molar-refractivity contribution in [3.8, 4) is 5.75 Å². The maximum Gasteiger partial charge on any atom is 0.159 e. The third kappa shape index (κ3) is 3.48. The van der Waals surface area contributed by atoms with Gasteiger partial charge >= 0.3 is 0 Å². The van der Waals surface area contributed by atoms with Crippen molar-refractivity contribution in [3.05, 3.63) is 11.9 Å². The average molecular weight is 253 g/mol. The van der Waals surface area contributed by atoms with E-state index in [0.717, 1.165) is 25.1 Å². The van der Waals surface area contributed by atoms with Crippen LogP contribution in [0.1, 0.15) is 39.8 Å². The van der Waals surface area contributed by atoms with Crippen LogP contribution in [0, 0.1) is 5.41 Å². The molecule has 1 atom stereocenters. The first-order valence-electron chi connectivity index (χ1n) is 6.70. The number of hydrogen-bond acceptors (Lipinski definition) is 3. The first kappa shape index (κ1) is 15.0. The van der Waals surface area contributed by atoms with Crippen molar-refractivity contribution in [2.45, 2.75) is 53.1 Å². The largest absolute Gasteiger partial charge is 0.493 e. The molecule has 0 aliphatic rings. The van der Waals surface area contributed by atoms with Gasteiger partial charge in [0.05, 0.1) is 19.0 Å². The van der Waals surface area contributed by atoms with Gasteiger partial charge in [0.25, 0.3) is 0 Å². The zero-order valence-corrected chi connectivity index (χ0v) is 12.6. The number of nitrogens with zero attached hydrogens (tertiary/aromatic N) is 2. The van der Waals surface area contributed by atoms with E-state index in [9.17, 15) is 0 Å². The predicted molar refractivity (Wildman–Crippen MR) is 75.1 cm³/mol. The Balaban J connectivity index is 2.75. The summed E-state index contributed by atoms with van der Waals surface area (Å²) in [5.74, 6) is 0.903. The molecule has 4 heteroatoms. The summed E-state index contributed by atoms with van der Waals surface area (Å²) in [7, 11) is 3.74. The summed E-state index contributed by atoms with van der Waals surface area (Å²) < 4.78 is 7.40. The Labute approximate surface area is 111 Å². The van der Waals surface area contributed by atoms with Gasteiger partial charge in [-0.15, -0.1) is 0 Å². The number of methoxy groups -OCH3 is 1. The van der Waals surface area contributed by atoms with Crippen molar-refractivity contribution >= 4 is 0 Å². The maximum absolute atomic E-state index is 5.38. The highest BCUT2D eigenvalue weighted by molar-refractivity contribution is 5.25. The molecule has 0 radical (unpaired) electrons. The molecule has 0 aromatic carbocycles. The molecule has 104 valence electrons. The molecule has 1 rings (SSSR count). The molecular formula is C14H27N3O. The van der Waals surface area contributed by atoms with Gasteiger partial charge in [-0.2, -0.15) is 5.10 Å². The molecule has 0 bridgehead atoms. The van der Waals surface area contributed by atoms with Crippen molar-refractivity contribution in [1.29, 1.82) is 0 Å². The summed E-state index contributed by atoms with van der Waals surface area (Å²) in [6, 6.07) is 0.488.